The molecule has 0 saturated heterocycles. The zero-order chi connectivity index (χ0) is 24.3. The molecule has 13 heteroatoms. The van der Waals surface area contributed by atoms with Crippen LogP contribution in [0.15, 0.2) is 34.9 Å². The van der Waals surface area contributed by atoms with Crippen molar-refractivity contribution in [2.24, 2.45) is 0 Å². The Morgan fingerprint density at radius 2 is 1.82 bits per heavy atom. The van der Waals surface area contributed by atoms with Crippen molar-refractivity contribution in [2.75, 3.05) is 0 Å². The molecule has 0 unspecified atom stereocenters. The van der Waals surface area contributed by atoms with E-state index in [0.29, 0.717) is 0 Å². The number of halogens is 5. The summed E-state index contributed by atoms with van der Waals surface area (Å²) in [6, 6.07) is 4.44. The van der Waals surface area contributed by atoms with Crippen LogP contribution >= 0.6 is 11.6 Å². The maximum absolute atomic E-state index is 14.9. The third-order valence-electron chi connectivity index (χ3n) is 4.43. The first-order chi connectivity index (χ1) is 15.6. The molecule has 33 heavy (non-hydrogen) atoms. The topological polar surface area (TPSA) is 109 Å². The first-order valence-electron chi connectivity index (χ1n) is 9.31. The van der Waals surface area contributed by atoms with E-state index < -0.39 is 36.0 Å². The van der Waals surface area contributed by atoms with Crippen LogP contribution in [0.3, 0.4) is 0 Å². The van der Waals surface area contributed by atoms with Gasteiger partial charge in [0.25, 0.3) is 0 Å². The van der Waals surface area contributed by atoms with Gasteiger partial charge in [0.1, 0.15) is 11.6 Å². The number of nitrogens with zero attached hydrogens (tertiary/aromatic N) is 2. The Hall–Kier alpha value is -3.67. The summed E-state index contributed by atoms with van der Waals surface area (Å²) in [5.74, 6) is -3.03. The van der Waals surface area contributed by atoms with Crippen LogP contribution in [0.5, 0.6) is 0 Å². The van der Waals surface area contributed by atoms with Crippen LogP contribution in [-0.2, 0) is 4.79 Å². The van der Waals surface area contributed by atoms with Crippen molar-refractivity contribution in [3.8, 4) is 22.5 Å². The number of benzene rings is 2. The maximum Gasteiger partial charge on any atom is 0.333 e. The van der Waals surface area contributed by atoms with Crippen molar-refractivity contribution in [3.05, 3.63) is 58.4 Å². The number of hydrogen-bond acceptors (Lipinski definition) is 5. The molecule has 0 radical (unpaired) electrons. The van der Waals surface area contributed by atoms with Crippen molar-refractivity contribution in [2.45, 2.75) is 26.3 Å². The number of carbonyl (C=O) groups excluding carboxylic acids is 2. The van der Waals surface area contributed by atoms with Crippen molar-refractivity contribution in [3.63, 3.8) is 0 Å². The predicted molar refractivity (Wildman–Crippen MR) is 109 cm³/mol. The quantitative estimate of drug-likeness (QED) is 0.369. The lowest BCUT2D eigenvalue weighted by molar-refractivity contribution is -0.132. The number of alkyl halides is 2. The van der Waals surface area contributed by atoms with Gasteiger partial charge in [-0.15, -0.1) is 0 Å². The Kier molecular flexibility index (Phi) is 7.16. The largest absolute Gasteiger partial charge is 0.339 e. The highest BCUT2D eigenvalue weighted by atomic mass is 35.5. The molecule has 0 aliphatic rings. The molecule has 0 bridgehead atoms. The van der Waals surface area contributed by atoms with E-state index in [1.807, 2.05) is 0 Å². The highest BCUT2D eigenvalue weighted by Gasteiger charge is 2.21. The van der Waals surface area contributed by atoms with E-state index in [4.69, 9.17) is 16.1 Å². The molecule has 1 heterocycles. The fourth-order valence-corrected chi connectivity index (χ4v) is 3.16. The third-order valence-corrected chi connectivity index (χ3v) is 4.65. The van der Waals surface area contributed by atoms with E-state index in [1.165, 1.54) is 37.5 Å². The lowest BCUT2D eigenvalue weighted by atomic mass is 9.96. The van der Waals surface area contributed by atoms with Crippen LogP contribution in [0.1, 0.15) is 24.4 Å². The number of nitrogens with one attached hydrogen (secondary N) is 3. The van der Waals surface area contributed by atoms with Gasteiger partial charge in [0, 0.05) is 17.5 Å². The summed E-state index contributed by atoms with van der Waals surface area (Å²) in [7, 11) is 0. The first-order valence-corrected chi connectivity index (χ1v) is 9.68. The minimum atomic E-state index is -3.31. The molecule has 0 spiro atoms. The number of hydrogen-bond donors (Lipinski definition) is 3. The molecule has 3 aromatic rings. The molecule has 3 rings (SSSR count). The second kappa shape index (κ2) is 9.86. The molecule has 1 atom stereocenters. The minimum Gasteiger partial charge on any atom is -0.339 e. The number of amides is 3. The Morgan fingerprint density at radius 3 is 2.42 bits per heavy atom. The Bertz CT molecular complexity index is 1200. The van der Waals surface area contributed by atoms with Crippen LogP contribution in [0, 0.1) is 18.6 Å². The Morgan fingerprint density at radius 1 is 1.09 bits per heavy atom. The van der Waals surface area contributed by atoms with Gasteiger partial charge in [0.15, 0.2) is 0 Å². The monoisotopic (exact) mass is 485 g/mol. The van der Waals surface area contributed by atoms with Crippen molar-refractivity contribution < 1.29 is 31.7 Å². The molecule has 1 aromatic heterocycles. The van der Waals surface area contributed by atoms with Crippen LogP contribution in [0.4, 0.5) is 22.4 Å². The van der Waals surface area contributed by atoms with Crippen molar-refractivity contribution >= 4 is 23.5 Å². The van der Waals surface area contributed by atoms with E-state index in [9.17, 15) is 27.2 Å². The van der Waals surface area contributed by atoms with Gasteiger partial charge in [-0.1, -0.05) is 28.9 Å². The van der Waals surface area contributed by atoms with Crippen molar-refractivity contribution in [1.82, 2.24) is 26.3 Å². The molecule has 8 nitrogen and oxygen atoms in total. The summed E-state index contributed by atoms with van der Waals surface area (Å²) >= 11 is 5.99. The SMILES string of the molecule is Cc1nc(-c2c(F)cc(Cl)cc2-c2ccc([C@@H](C)NC(=O)NNC(=O)C(F)F)c(F)c2)no1. The first kappa shape index (κ1) is 24.0. The molecule has 0 aliphatic carbocycles. The fraction of sp³-hybridized carbons (Fsp3) is 0.200. The van der Waals surface area contributed by atoms with Gasteiger partial charge in [-0.05, 0) is 36.2 Å². The molecular weight excluding hydrogens is 470 g/mol. The lowest BCUT2D eigenvalue weighted by Crippen LogP contribution is -2.49. The molecule has 3 amide bonds. The van der Waals surface area contributed by atoms with Gasteiger partial charge in [0.2, 0.25) is 11.7 Å². The molecule has 0 fully saturated rings. The second-order valence-corrected chi connectivity index (χ2v) is 7.23. The number of aromatic nitrogens is 2. The van der Waals surface area contributed by atoms with Crippen LogP contribution in [0.25, 0.3) is 22.5 Å². The molecule has 2 aromatic carbocycles. The van der Waals surface area contributed by atoms with Crippen LogP contribution < -0.4 is 16.2 Å². The van der Waals surface area contributed by atoms with Gasteiger partial charge in [0.05, 0.1) is 11.6 Å². The van der Waals surface area contributed by atoms with E-state index in [0.717, 1.165) is 12.1 Å². The number of urea groups is 1. The van der Waals surface area contributed by atoms with Gasteiger partial charge in [-0.3, -0.25) is 10.2 Å². The lowest BCUT2D eigenvalue weighted by Gasteiger charge is -2.17. The summed E-state index contributed by atoms with van der Waals surface area (Å²) in [5, 5.41) is 6.06. The highest BCUT2D eigenvalue weighted by molar-refractivity contribution is 6.31. The normalized spacial score (nSPS) is 11.9. The van der Waals surface area contributed by atoms with Crippen LogP contribution in [0.2, 0.25) is 5.02 Å². The Labute approximate surface area is 189 Å². The Balaban J connectivity index is 1.85. The van der Waals surface area contributed by atoms with E-state index >= 15 is 0 Å². The molecule has 174 valence electrons. The van der Waals surface area contributed by atoms with E-state index in [-0.39, 0.29) is 39.0 Å². The molecule has 3 N–H and O–H groups in total. The average molecular weight is 486 g/mol. The number of aryl methyl sites for hydroxylation is 1. The smallest absolute Gasteiger partial charge is 0.333 e. The van der Waals surface area contributed by atoms with Crippen molar-refractivity contribution in [1.29, 1.82) is 0 Å². The summed E-state index contributed by atoms with van der Waals surface area (Å²) < 4.78 is 58.8. The van der Waals surface area contributed by atoms with Gasteiger partial charge < -0.3 is 9.84 Å². The van der Waals surface area contributed by atoms with Gasteiger partial charge in [-0.2, -0.15) is 13.8 Å². The molecule has 0 aliphatic heterocycles. The van der Waals surface area contributed by atoms with E-state index in [1.54, 1.807) is 5.43 Å². The van der Waals surface area contributed by atoms with Crippen LogP contribution in [-0.4, -0.2) is 28.5 Å². The zero-order valence-electron chi connectivity index (χ0n) is 17.1. The summed E-state index contributed by atoms with van der Waals surface area (Å²) in [6.45, 7) is 2.96. The number of carbonyl (C=O) groups is 2. The standard InChI is InChI=1S/C20H16ClF4N5O3/c1-8(26-20(32)29-28-19(31)17(24)25)12-4-3-10(5-14(12)22)13-6-11(21)7-15(23)16(13)18-27-9(2)33-30-18/h3-8,17H,1-2H3,(H,28,31)(H2,26,29,32)/t8-/m1/s1. The predicted octanol–water partition coefficient (Wildman–Crippen LogP) is 4.30. The minimum absolute atomic E-state index is 0.0357. The molecule has 0 saturated carbocycles. The maximum atomic E-state index is 14.9. The fourth-order valence-electron chi connectivity index (χ4n) is 2.96. The third kappa shape index (κ3) is 5.58. The highest BCUT2D eigenvalue weighted by Crippen LogP contribution is 2.36. The summed E-state index contributed by atoms with van der Waals surface area (Å²) in [5.41, 5.74) is 3.69. The number of rotatable bonds is 5. The van der Waals surface area contributed by atoms with Gasteiger partial charge >= 0.3 is 18.4 Å². The second-order valence-electron chi connectivity index (χ2n) is 6.79. The number of hydrazine groups is 1. The molecular formula is C20H16ClF4N5O3. The zero-order valence-corrected chi connectivity index (χ0v) is 17.8. The van der Waals surface area contributed by atoms with Gasteiger partial charge in [-0.25, -0.2) is 19.0 Å². The average Bonchev–Trinajstić information content (AvgIpc) is 3.16. The van der Waals surface area contributed by atoms with E-state index in [2.05, 4.69) is 15.5 Å². The summed E-state index contributed by atoms with van der Waals surface area (Å²) in [4.78, 5) is 26.6. The summed E-state index contributed by atoms with van der Waals surface area (Å²) in [6.07, 6.45) is -3.31.